The zero-order valence-corrected chi connectivity index (χ0v) is 26.0. The van der Waals surface area contributed by atoms with Crippen LogP contribution in [0.1, 0.15) is 66.7 Å². The third-order valence-corrected chi connectivity index (χ3v) is 9.30. The van der Waals surface area contributed by atoms with E-state index in [0.29, 0.717) is 12.8 Å². The number of likely N-dealkylation sites (N-methyl/N-ethyl adjacent to an activating group) is 1. The maximum absolute atomic E-state index is 13.2. The average Bonchev–Trinajstić information content (AvgIpc) is 3.60. The van der Waals surface area contributed by atoms with E-state index >= 15 is 0 Å². The number of carbonyl (C=O) groups is 3. The first-order valence-electron chi connectivity index (χ1n) is 15.2. The Labute approximate surface area is 249 Å². The van der Waals surface area contributed by atoms with Crippen LogP contribution in [0.4, 0.5) is 0 Å². The second-order valence-corrected chi connectivity index (χ2v) is 12.8. The van der Waals surface area contributed by atoms with E-state index in [1.165, 1.54) is 6.08 Å². The van der Waals surface area contributed by atoms with Crippen molar-refractivity contribution in [2.45, 2.75) is 121 Å². The van der Waals surface area contributed by atoms with E-state index in [1.807, 2.05) is 39.8 Å². The van der Waals surface area contributed by atoms with Crippen molar-refractivity contribution in [3.8, 4) is 0 Å². The van der Waals surface area contributed by atoms with Gasteiger partial charge in [-0.1, -0.05) is 20.8 Å². The summed E-state index contributed by atoms with van der Waals surface area (Å²) < 4.78 is 24.1. The molecule has 0 spiro atoms. The minimum atomic E-state index is -1.22. The van der Waals surface area contributed by atoms with Gasteiger partial charge in [-0.25, -0.2) is 0 Å². The zero-order chi connectivity index (χ0) is 31.4. The van der Waals surface area contributed by atoms with E-state index in [4.69, 9.17) is 18.9 Å². The molecule has 0 aromatic rings. The number of nitrogens with zero attached hydrogens (tertiary/aromatic N) is 1. The van der Waals surface area contributed by atoms with Crippen LogP contribution in [0.15, 0.2) is 12.2 Å². The number of allylic oxidation sites excluding steroid dienone is 1. The third kappa shape index (κ3) is 8.25. The van der Waals surface area contributed by atoms with Crippen molar-refractivity contribution in [3.05, 3.63) is 12.2 Å². The molecule has 0 saturated carbocycles. The van der Waals surface area contributed by atoms with Crippen LogP contribution in [0.5, 0.6) is 0 Å². The van der Waals surface area contributed by atoms with Gasteiger partial charge in [-0.05, 0) is 65.3 Å². The van der Waals surface area contributed by atoms with Gasteiger partial charge in [0.1, 0.15) is 24.1 Å². The second-order valence-electron chi connectivity index (χ2n) is 12.8. The van der Waals surface area contributed by atoms with Crippen LogP contribution in [0.3, 0.4) is 0 Å². The molecule has 42 heavy (non-hydrogen) atoms. The monoisotopic (exact) mass is 597 g/mol. The van der Waals surface area contributed by atoms with E-state index < -0.39 is 72.1 Å². The van der Waals surface area contributed by atoms with E-state index in [0.717, 1.165) is 6.29 Å². The van der Waals surface area contributed by atoms with Gasteiger partial charge in [-0.3, -0.25) is 9.59 Å². The predicted molar refractivity (Wildman–Crippen MR) is 153 cm³/mol. The molecule has 0 bridgehead atoms. The highest BCUT2D eigenvalue weighted by molar-refractivity contribution is 5.91. The Balaban J connectivity index is 1.97. The maximum Gasteiger partial charge on any atom is 0.308 e. The maximum atomic E-state index is 13.2. The summed E-state index contributed by atoms with van der Waals surface area (Å²) in [4.78, 5) is 40.0. The lowest BCUT2D eigenvalue weighted by atomic mass is 9.79. The molecular weight excluding hydrogens is 546 g/mol. The number of carbonyl (C=O) groups excluding carboxylic acids is 3. The predicted octanol–water partition coefficient (Wildman–Crippen LogP) is 1.64. The van der Waals surface area contributed by atoms with Crippen LogP contribution < -0.4 is 0 Å². The standard InChI is InChI=1S/C31H51NO10/c1-8-25-21(16-34)29-31(5,42-29)11-9-23(35)17(2)13-20(10-12-33)28(19(4)24(36)15-26(37)40-25)41-30-27(38)22(32(6)7)14-18(3)39-30/h9,11-12,17-22,24-25,27-30,34,36,38H,8,10,13-16H2,1-7H3/b11-9+/t17-,18-,19+,20+,21?,22+,24-,25-,27-,28?,29+,30+,31+/m1/s1. The van der Waals surface area contributed by atoms with Gasteiger partial charge in [0.2, 0.25) is 0 Å². The van der Waals surface area contributed by atoms with Crippen LogP contribution in [0, 0.1) is 23.7 Å². The number of aliphatic hydroxyl groups excluding tert-OH is 3. The van der Waals surface area contributed by atoms with Crippen molar-refractivity contribution in [2.24, 2.45) is 23.7 Å². The third-order valence-electron chi connectivity index (χ3n) is 9.30. The molecule has 240 valence electrons. The molecule has 3 N–H and O–H groups in total. The number of rotatable bonds is 7. The molecule has 3 rings (SSSR count). The van der Waals surface area contributed by atoms with Crippen molar-refractivity contribution >= 4 is 18.0 Å². The van der Waals surface area contributed by atoms with Crippen LogP contribution in [0.2, 0.25) is 0 Å². The number of hydrogen-bond donors (Lipinski definition) is 3. The Hall–Kier alpha value is -1.73. The van der Waals surface area contributed by atoms with Gasteiger partial charge in [0.05, 0.1) is 37.4 Å². The fourth-order valence-corrected chi connectivity index (χ4v) is 6.50. The molecule has 2 saturated heterocycles. The van der Waals surface area contributed by atoms with E-state index in [1.54, 1.807) is 19.9 Å². The minimum absolute atomic E-state index is 0.0436. The van der Waals surface area contributed by atoms with Crippen LogP contribution in [-0.4, -0.2) is 114 Å². The molecule has 3 aliphatic rings. The number of aldehydes is 1. The van der Waals surface area contributed by atoms with Crippen molar-refractivity contribution in [1.82, 2.24) is 4.90 Å². The molecule has 0 aromatic heterocycles. The highest BCUT2D eigenvalue weighted by Crippen LogP contribution is 2.45. The number of hydrogen-bond acceptors (Lipinski definition) is 11. The largest absolute Gasteiger partial charge is 0.462 e. The number of ketones is 1. The van der Waals surface area contributed by atoms with E-state index in [9.17, 15) is 29.7 Å². The first-order chi connectivity index (χ1) is 19.8. The number of cyclic esters (lactones) is 1. The molecular formula is C31H51NO10. The molecule has 0 aromatic carbocycles. The van der Waals surface area contributed by atoms with Crippen molar-refractivity contribution < 1.29 is 48.7 Å². The van der Waals surface area contributed by atoms with Crippen LogP contribution in [-0.2, 0) is 33.3 Å². The molecule has 0 amide bonds. The van der Waals surface area contributed by atoms with Gasteiger partial charge in [0, 0.05) is 30.2 Å². The molecule has 11 nitrogen and oxygen atoms in total. The fourth-order valence-electron chi connectivity index (χ4n) is 6.50. The van der Waals surface area contributed by atoms with Crippen molar-refractivity contribution in [2.75, 3.05) is 20.7 Å². The molecule has 2 unspecified atom stereocenters. The quantitative estimate of drug-likeness (QED) is 0.223. The molecule has 11 heteroatoms. The topological polar surface area (TPSA) is 155 Å². The number of fused-ring (bicyclic) bond motifs is 1. The fraction of sp³-hybridized carbons (Fsp3) is 0.839. The molecule has 0 aliphatic carbocycles. The van der Waals surface area contributed by atoms with Crippen molar-refractivity contribution in [3.63, 3.8) is 0 Å². The highest BCUT2D eigenvalue weighted by Gasteiger charge is 2.56. The summed E-state index contributed by atoms with van der Waals surface area (Å²) in [5.74, 6) is -3.00. The zero-order valence-electron chi connectivity index (χ0n) is 26.0. The average molecular weight is 598 g/mol. The normalized spacial score (nSPS) is 44.7. The summed E-state index contributed by atoms with van der Waals surface area (Å²) in [5, 5.41) is 32.6. The lowest BCUT2D eigenvalue weighted by molar-refractivity contribution is -0.283. The van der Waals surface area contributed by atoms with E-state index in [2.05, 4.69) is 0 Å². The summed E-state index contributed by atoms with van der Waals surface area (Å²) in [6, 6.07) is -0.240. The number of ether oxygens (including phenoxy) is 4. The van der Waals surface area contributed by atoms with Crippen LogP contribution in [0.25, 0.3) is 0 Å². The van der Waals surface area contributed by atoms with Gasteiger partial charge in [-0.15, -0.1) is 0 Å². The van der Waals surface area contributed by atoms with Gasteiger partial charge < -0.3 is 44.0 Å². The summed E-state index contributed by atoms with van der Waals surface area (Å²) in [6.07, 6.45) is -0.511. The van der Waals surface area contributed by atoms with Gasteiger partial charge in [0.25, 0.3) is 0 Å². The summed E-state index contributed by atoms with van der Waals surface area (Å²) in [7, 11) is 3.73. The molecule has 3 heterocycles. The Kier molecular flexibility index (Phi) is 12.3. The molecule has 13 atom stereocenters. The van der Waals surface area contributed by atoms with Gasteiger partial charge in [0.15, 0.2) is 12.1 Å². The smallest absolute Gasteiger partial charge is 0.308 e. The molecule has 0 radical (unpaired) electrons. The van der Waals surface area contributed by atoms with Crippen LogP contribution >= 0.6 is 0 Å². The first kappa shape index (κ1) is 34.8. The lowest BCUT2D eigenvalue weighted by Crippen LogP contribution is -2.56. The number of esters is 1. The minimum Gasteiger partial charge on any atom is -0.462 e. The van der Waals surface area contributed by atoms with Gasteiger partial charge >= 0.3 is 5.97 Å². The summed E-state index contributed by atoms with van der Waals surface area (Å²) in [6.45, 7) is 8.76. The van der Waals surface area contributed by atoms with Gasteiger partial charge in [-0.2, -0.15) is 0 Å². The summed E-state index contributed by atoms with van der Waals surface area (Å²) in [5.41, 5.74) is -0.796. The Morgan fingerprint density at radius 1 is 1.17 bits per heavy atom. The lowest BCUT2D eigenvalue weighted by Gasteiger charge is -2.44. The highest BCUT2D eigenvalue weighted by atomic mass is 16.7. The number of epoxide rings is 1. The SMILES string of the molecule is CC[C@H]1OC(=O)C[C@@H](O)[C@H](C)C(O[C@@H]2O[C@H](C)C[C@H](N(C)C)[C@H]2O)[C@@H](CC=O)C[C@@H](C)C(=O)/C=C/[C@]2(C)O[C@H]2C1CO. The number of aliphatic hydroxyl groups is 3. The Morgan fingerprint density at radius 2 is 1.86 bits per heavy atom. The Bertz CT molecular complexity index is 958. The molecule has 2 fully saturated rings. The second kappa shape index (κ2) is 14.8. The first-order valence-corrected chi connectivity index (χ1v) is 15.2. The summed E-state index contributed by atoms with van der Waals surface area (Å²) >= 11 is 0. The molecule has 3 aliphatic heterocycles. The Morgan fingerprint density at radius 3 is 2.45 bits per heavy atom. The van der Waals surface area contributed by atoms with Crippen molar-refractivity contribution in [1.29, 1.82) is 0 Å². The van der Waals surface area contributed by atoms with E-state index in [-0.39, 0.29) is 43.8 Å².